The van der Waals surface area contributed by atoms with Crippen LogP contribution < -0.4 is 9.47 Å². The Hall–Kier alpha value is -2.34. The molecule has 4 rings (SSSR count). The Kier molecular flexibility index (Phi) is 5.40. The van der Waals surface area contributed by atoms with Gasteiger partial charge < -0.3 is 23.7 Å². The third-order valence-corrected chi connectivity index (χ3v) is 4.75. The molecule has 0 bridgehead atoms. The first-order chi connectivity index (χ1) is 13.5. The standard InChI is InChI=1S/C23H26O5/c1-16(17-4-8-19(9-5-17)24-12-21-13-26-21)18-6-10-20(11-7-18)25-14-22-15-27-23(2,3)28-22/h4-11,21-22H,1,12-15H2,2-3H3/t21-,22-/m1/s1. The molecule has 5 nitrogen and oxygen atoms in total. The van der Waals surface area contributed by atoms with Crippen molar-refractivity contribution in [2.45, 2.75) is 31.8 Å². The molecule has 2 aliphatic rings. The van der Waals surface area contributed by atoms with E-state index in [2.05, 4.69) is 6.58 Å². The number of benzene rings is 2. The lowest BCUT2D eigenvalue weighted by Crippen LogP contribution is -2.25. The van der Waals surface area contributed by atoms with Crippen molar-refractivity contribution in [1.29, 1.82) is 0 Å². The highest BCUT2D eigenvalue weighted by Crippen LogP contribution is 2.27. The molecule has 5 heteroatoms. The van der Waals surface area contributed by atoms with Crippen molar-refractivity contribution in [3.8, 4) is 11.5 Å². The second-order valence-corrected chi connectivity index (χ2v) is 7.56. The van der Waals surface area contributed by atoms with Crippen molar-refractivity contribution >= 4 is 5.57 Å². The molecule has 2 fully saturated rings. The Balaban J connectivity index is 1.30. The molecule has 0 radical (unpaired) electrons. The third-order valence-electron chi connectivity index (χ3n) is 4.75. The number of hydrogen-bond donors (Lipinski definition) is 0. The SMILES string of the molecule is C=C(c1ccc(OC[C@@H]2CO2)cc1)c1ccc(OC[C@@H]2COC(C)(C)O2)cc1. The molecular weight excluding hydrogens is 356 g/mol. The van der Waals surface area contributed by atoms with Gasteiger partial charge in [-0.05, 0) is 54.8 Å². The molecule has 148 valence electrons. The van der Waals surface area contributed by atoms with Gasteiger partial charge in [0, 0.05) is 0 Å². The number of ether oxygens (including phenoxy) is 5. The van der Waals surface area contributed by atoms with Crippen LogP contribution in [-0.2, 0) is 14.2 Å². The molecule has 0 amide bonds. The molecule has 0 spiro atoms. The monoisotopic (exact) mass is 382 g/mol. The summed E-state index contributed by atoms with van der Waals surface area (Å²) < 4.78 is 28.0. The maximum atomic E-state index is 5.83. The summed E-state index contributed by atoms with van der Waals surface area (Å²) in [4.78, 5) is 0. The van der Waals surface area contributed by atoms with Crippen LogP contribution in [0.5, 0.6) is 11.5 Å². The van der Waals surface area contributed by atoms with Gasteiger partial charge in [0.25, 0.3) is 0 Å². The molecule has 0 aromatic heterocycles. The minimum absolute atomic E-state index is 0.0446. The summed E-state index contributed by atoms with van der Waals surface area (Å²) in [7, 11) is 0. The summed E-state index contributed by atoms with van der Waals surface area (Å²) >= 11 is 0. The van der Waals surface area contributed by atoms with E-state index in [0.29, 0.717) is 19.8 Å². The predicted octanol–water partition coefficient (Wildman–Crippen LogP) is 4.06. The lowest BCUT2D eigenvalue weighted by Gasteiger charge is -2.17. The average molecular weight is 382 g/mol. The molecular formula is C23H26O5. The zero-order valence-corrected chi connectivity index (χ0v) is 16.4. The lowest BCUT2D eigenvalue weighted by atomic mass is 9.99. The molecule has 2 saturated heterocycles. The van der Waals surface area contributed by atoms with Gasteiger partial charge in [0.2, 0.25) is 0 Å². The zero-order valence-electron chi connectivity index (χ0n) is 16.4. The summed E-state index contributed by atoms with van der Waals surface area (Å²) in [5.74, 6) is 1.12. The second-order valence-electron chi connectivity index (χ2n) is 7.56. The van der Waals surface area contributed by atoms with E-state index in [4.69, 9.17) is 23.7 Å². The number of hydrogen-bond acceptors (Lipinski definition) is 5. The smallest absolute Gasteiger partial charge is 0.163 e. The fourth-order valence-electron chi connectivity index (χ4n) is 3.06. The minimum atomic E-state index is -0.526. The van der Waals surface area contributed by atoms with Crippen LogP contribution in [0.1, 0.15) is 25.0 Å². The second kappa shape index (κ2) is 7.95. The lowest BCUT2D eigenvalue weighted by molar-refractivity contribution is -0.141. The highest BCUT2D eigenvalue weighted by molar-refractivity contribution is 5.78. The van der Waals surface area contributed by atoms with Crippen molar-refractivity contribution < 1.29 is 23.7 Å². The number of epoxide rings is 1. The van der Waals surface area contributed by atoms with E-state index < -0.39 is 5.79 Å². The Bertz CT molecular complexity index is 806. The highest BCUT2D eigenvalue weighted by Gasteiger charge is 2.32. The van der Waals surface area contributed by atoms with E-state index in [1.165, 1.54) is 0 Å². The number of rotatable bonds is 8. The molecule has 0 N–H and O–H groups in total. The fourth-order valence-corrected chi connectivity index (χ4v) is 3.06. The summed E-state index contributed by atoms with van der Waals surface area (Å²) in [6.45, 7) is 10.5. The Labute approximate surface area is 165 Å². The van der Waals surface area contributed by atoms with Crippen molar-refractivity contribution in [1.82, 2.24) is 0 Å². The van der Waals surface area contributed by atoms with Crippen LogP contribution in [0.2, 0.25) is 0 Å². The first kappa shape index (κ1) is 19.0. The molecule has 28 heavy (non-hydrogen) atoms. The van der Waals surface area contributed by atoms with Crippen LogP contribution >= 0.6 is 0 Å². The van der Waals surface area contributed by atoms with Gasteiger partial charge in [-0.3, -0.25) is 0 Å². The quantitative estimate of drug-likeness (QED) is 0.645. The zero-order chi connectivity index (χ0) is 19.6. The van der Waals surface area contributed by atoms with Crippen LogP contribution in [0.3, 0.4) is 0 Å². The fraction of sp³-hybridized carbons (Fsp3) is 0.391. The van der Waals surface area contributed by atoms with Crippen molar-refractivity contribution in [3.63, 3.8) is 0 Å². The average Bonchev–Trinajstić information content (AvgIpc) is 3.47. The molecule has 2 aromatic rings. The van der Waals surface area contributed by atoms with Crippen molar-refractivity contribution in [2.24, 2.45) is 0 Å². The van der Waals surface area contributed by atoms with E-state index in [9.17, 15) is 0 Å². The van der Waals surface area contributed by atoms with E-state index in [1.54, 1.807) is 0 Å². The third kappa shape index (κ3) is 4.93. The Morgan fingerprint density at radius 1 is 0.893 bits per heavy atom. The van der Waals surface area contributed by atoms with Gasteiger partial charge in [-0.1, -0.05) is 30.8 Å². The summed E-state index contributed by atoms with van der Waals surface area (Å²) in [6.07, 6.45) is 0.214. The minimum Gasteiger partial charge on any atom is -0.491 e. The topological polar surface area (TPSA) is 49.5 Å². The van der Waals surface area contributed by atoms with Crippen LogP contribution in [0.15, 0.2) is 55.1 Å². The van der Waals surface area contributed by atoms with E-state index in [1.807, 2.05) is 62.4 Å². The van der Waals surface area contributed by atoms with Gasteiger partial charge >= 0.3 is 0 Å². The van der Waals surface area contributed by atoms with Gasteiger partial charge in [-0.2, -0.15) is 0 Å². The van der Waals surface area contributed by atoms with Crippen LogP contribution in [0.25, 0.3) is 5.57 Å². The predicted molar refractivity (Wildman–Crippen MR) is 107 cm³/mol. The van der Waals surface area contributed by atoms with Crippen molar-refractivity contribution in [3.05, 3.63) is 66.2 Å². The van der Waals surface area contributed by atoms with Crippen LogP contribution in [-0.4, -0.2) is 44.4 Å². The molecule has 0 saturated carbocycles. The first-order valence-corrected chi connectivity index (χ1v) is 9.57. The highest BCUT2D eigenvalue weighted by atomic mass is 16.7. The Morgan fingerprint density at radius 3 is 1.82 bits per heavy atom. The van der Waals surface area contributed by atoms with Crippen LogP contribution in [0, 0.1) is 0 Å². The van der Waals surface area contributed by atoms with Gasteiger partial charge in [-0.15, -0.1) is 0 Å². The molecule has 2 aliphatic heterocycles. The molecule has 2 heterocycles. The normalized spacial score (nSPS) is 22.6. The first-order valence-electron chi connectivity index (χ1n) is 9.57. The van der Waals surface area contributed by atoms with Gasteiger partial charge in [0.05, 0.1) is 13.2 Å². The van der Waals surface area contributed by atoms with Crippen LogP contribution in [0.4, 0.5) is 0 Å². The maximum absolute atomic E-state index is 5.83. The Morgan fingerprint density at radius 2 is 1.39 bits per heavy atom. The maximum Gasteiger partial charge on any atom is 0.163 e. The van der Waals surface area contributed by atoms with E-state index in [-0.39, 0.29) is 12.2 Å². The summed E-state index contributed by atoms with van der Waals surface area (Å²) in [6, 6.07) is 15.9. The molecule has 2 atom stereocenters. The molecule has 2 aromatic carbocycles. The van der Waals surface area contributed by atoms with E-state index >= 15 is 0 Å². The molecule has 0 unspecified atom stereocenters. The van der Waals surface area contributed by atoms with Gasteiger partial charge in [0.15, 0.2) is 5.79 Å². The molecule has 0 aliphatic carbocycles. The van der Waals surface area contributed by atoms with Gasteiger partial charge in [0.1, 0.15) is 36.9 Å². The summed E-state index contributed by atoms with van der Waals surface area (Å²) in [5.41, 5.74) is 3.06. The van der Waals surface area contributed by atoms with E-state index in [0.717, 1.165) is 34.8 Å². The van der Waals surface area contributed by atoms with Crippen molar-refractivity contribution in [2.75, 3.05) is 26.4 Å². The van der Waals surface area contributed by atoms with Gasteiger partial charge in [-0.25, -0.2) is 0 Å². The summed E-state index contributed by atoms with van der Waals surface area (Å²) in [5, 5.41) is 0. The largest absolute Gasteiger partial charge is 0.491 e.